The lowest BCUT2D eigenvalue weighted by Crippen LogP contribution is -2.35. The molecule has 78 valence electrons. The fourth-order valence-corrected chi connectivity index (χ4v) is 1.82. The zero-order valence-electron chi connectivity index (χ0n) is 7.33. The number of benzene rings is 1. The molecule has 0 unspecified atom stereocenters. The summed E-state index contributed by atoms with van der Waals surface area (Å²) in [6.45, 7) is 0. The second kappa shape index (κ2) is 3.82. The van der Waals surface area contributed by atoms with Crippen molar-refractivity contribution in [2.24, 2.45) is 0 Å². The van der Waals surface area contributed by atoms with Crippen molar-refractivity contribution in [2.45, 2.75) is 0 Å². The Hall–Kier alpha value is -1.08. The fraction of sp³-hybridized carbons (Fsp3) is 0. The van der Waals surface area contributed by atoms with Crippen LogP contribution in [0.25, 0.3) is 5.69 Å². The van der Waals surface area contributed by atoms with Crippen molar-refractivity contribution < 1.29 is 9.20 Å². The molecular weight excluding hydrogens is 330 g/mol. The van der Waals surface area contributed by atoms with Gasteiger partial charge in [-0.05, 0) is 22.1 Å². The number of halogens is 2. The van der Waals surface area contributed by atoms with Gasteiger partial charge in [-0.1, -0.05) is 15.9 Å². The van der Waals surface area contributed by atoms with Gasteiger partial charge in [-0.2, -0.15) is 0 Å². The van der Waals surface area contributed by atoms with E-state index in [-0.39, 0.29) is 4.60 Å². The Balaban J connectivity index is 2.68. The van der Waals surface area contributed by atoms with E-state index in [0.717, 1.165) is 4.47 Å². The highest BCUT2D eigenvalue weighted by Gasteiger charge is 2.22. The minimum Gasteiger partial charge on any atom is -0.393 e. The highest BCUT2D eigenvalue weighted by atomic mass is 79.9. The van der Waals surface area contributed by atoms with Crippen molar-refractivity contribution >= 4 is 37.5 Å². The molecule has 2 aromatic rings. The predicted octanol–water partition coefficient (Wildman–Crippen LogP) is 1.35. The van der Waals surface area contributed by atoms with Crippen molar-refractivity contribution in [1.29, 1.82) is 0 Å². The summed E-state index contributed by atoms with van der Waals surface area (Å²) in [6, 6.07) is 5.31. The van der Waals surface area contributed by atoms with Crippen LogP contribution in [0.15, 0.2) is 36.6 Å². The molecule has 0 aliphatic carbocycles. The zero-order chi connectivity index (χ0) is 11.0. The molecule has 0 aliphatic heterocycles. The van der Waals surface area contributed by atoms with Crippen LogP contribution < -0.4 is 16.0 Å². The smallest absolute Gasteiger partial charge is 0.393 e. The summed E-state index contributed by atoms with van der Waals surface area (Å²) in [5, 5.41) is 2.44. The van der Waals surface area contributed by atoms with Crippen LogP contribution >= 0.6 is 31.9 Å². The first-order valence-electron chi connectivity index (χ1n) is 3.94. The highest BCUT2D eigenvalue weighted by molar-refractivity contribution is 9.10. The van der Waals surface area contributed by atoms with E-state index in [0.29, 0.717) is 11.4 Å². The minimum atomic E-state index is -0.491. The van der Waals surface area contributed by atoms with E-state index >= 15 is 0 Å². The van der Waals surface area contributed by atoms with Crippen LogP contribution in [-0.4, -0.2) is 5.27 Å². The van der Waals surface area contributed by atoms with E-state index in [1.165, 1.54) is 4.68 Å². The van der Waals surface area contributed by atoms with Crippen molar-refractivity contribution in [1.82, 2.24) is 5.27 Å². The zero-order valence-corrected chi connectivity index (χ0v) is 10.5. The van der Waals surface area contributed by atoms with E-state index in [1.54, 1.807) is 12.1 Å². The van der Waals surface area contributed by atoms with E-state index in [1.807, 2.05) is 6.07 Å². The Bertz CT molecular complexity index is 561. The van der Waals surface area contributed by atoms with E-state index < -0.39 is 5.63 Å². The quantitative estimate of drug-likeness (QED) is 0.610. The van der Waals surface area contributed by atoms with Gasteiger partial charge in [0.15, 0.2) is 0 Å². The third kappa shape index (κ3) is 1.84. The molecule has 5 nitrogen and oxygen atoms in total. The molecule has 15 heavy (non-hydrogen) atoms. The lowest BCUT2D eigenvalue weighted by molar-refractivity contribution is -0.679. The minimum absolute atomic E-state index is 0.257. The van der Waals surface area contributed by atoms with Gasteiger partial charge in [-0.15, -0.1) is 0 Å². The monoisotopic (exact) mass is 334 g/mol. The van der Waals surface area contributed by atoms with Gasteiger partial charge < -0.3 is 5.73 Å². The molecule has 0 spiro atoms. The molecule has 1 aromatic heterocycles. The molecule has 0 radical (unpaired) electrons. The van der Waals surface area contributed by atoms with Crippen LogP contribution in [-0.2, 0) is 0 Å². The lowest BCUT2D eigenvalue weighted by atomic mass is 10.3. The topological polar surface area (TPSA) is 75.9 Å². The van der Waals surface area contributed by atoms with Crippen LogP contribution in [0.2, 0.25) is 0 Å². The molecule has 0 saturated carbocycles. The molecule has 0 bridgehead atoms. The van der Waals surface area contributed by atoms with Gasteiger partial charge in [0.1, 0.15) is 5.69 Å². The van der Waals surface area contributed by atoms with E-state index in [4.69, 9.17) is 5.73 Å². The number of nitrogen functional groups attached to an aromatic ring is 1. The number of H-pyrrole nitrogens is 1. The third-order valence-electron chi connectivity index (χ3n) is 1.83. The lowest BCUT2D eigenvalue weighted by Gasteiger charge is -1.96. The maximum absolute atomic E-state index is 11.1. The number of nitrogens with zero attached hydrogens (tertiary/aromatic N) is 1. The summed E-state index contributed by atoms with van der Waals surface area (Å²) < 4.78 is 7.14. The molecule has 0 aliphatic rings. The number of anilines is 1. The molecule has 1 heterocycles. The number of aromatic nitrogens is 2. The van der Waals surface area contributed by atoms with Crippen LogP contribution in [0.4, 0.5) is 5.69 Å². The second-order valence-corrected chi connectivity index (χ2v) is 4.48. The summed E-state index contributed by atoms with van der Waals surface area (Å²) in [5.74, 6) is 0. The standard InChI is InChI=1S/C8H5Br2N3O2/c9-4-1-2-5(11)6(3-4)13-7(10)8(14)15-12-13/h1-3H,(H2-,11,12,14)/p+1. The molecule has 7 heteroatoms. The Kier molecular flexibility index (Phi) is 2.66. The van der Waals surface area contributed by atoms with Crippen LogP contribution in [0.3, 0.4) is 0 Å². The van der Waals surface area contributed by atoms with Crippen molar-refractivity contribution in [3.05, 3.63) is 37.7 Å². The van der Waals surface area contributed by atoms with E-state index in [2.05, 4.69) is 41.7 Å². The maximum Gasteiger partial charge on any atom is 0.442 e. The molecule has 0 saturated heterocycles. The summed E-state index contributed by atoms with van der Waals surface area (Å²) in [6.07, 6.45) is 0. The molecule has 1 aromatic carbocycles. The molecule has 3 N–H and O–H groups in total. The van der Waals surface area contributed by atoms with E-state index in [9.17, 15) is 4.79 Å². The summed E-state index contributed by atoms with van der Waals surface area (Å²) in [7, 11) is 0. The van der Waals surface area contributed by atoms with Crippen LogP contribution in [0.5, 0.6) is 0 Å². The Labute approximate surface area is 101 Å². The average molecular weight is 336 g/mol. The number of nitrogens with two attached hydrogens (primary N) is 1. The predicted molar refractivity (Wildman–Crippen MR) is 60.7 cm³/mol. The summed E-state index contributed by atoms with van der Waals surface area (Å²) in [4.78, 5) is 11.1. The summed E-state index contributed by atoms with van der Waals surface area (Å²) >= 11 is 6.42. The largest absolute Gasteiger partial charge is 0.442 e. The first-order chi connectivity index (χ1) is 7.09. The first kappa shape index (κ1) is 10.4. The molecular formula is C8H6Br2N3O2+. The van der Waals surface area contributed by atoms with Gasteiger partial charge >= 0.3 is 10.2 Å². The molecule has 0 atom stereocenters. The maximum atomic E-state index is 11.1. The molecule has 0 amide bonds. The van der Waals surface area contributed by atoms with Gasteiger partial charge in [0.05, 0.1) is 0 Å². The molecule has 2 rings (SSSR count). The Morgan fingerprint density at radius 2 is 2.13 bits per heavy atom. The van der Waals surface area contributed by atoms with Crippen LogP contribution in [0.1, 0.15) is 0 Å². The second-order valence-electron chi connectivity index (χ2n) is 2.81. The number of hydrogen-bond donors (Lipinski definition) is 2. The van der Waals surface area contributed by atoms with Gasteiger partial charge in [0.25, 0.3) is 5.69 Å². The third-order valence-corrected chi connectivity index (χ3v) is 3.00. The van der Waals surface area contributed by atoms with Crippen molar-refractivity contribution in [2.75, 3.05) is 5.73 Å². The highest BCUT2D eigenvalue weighted by Crippen LogP contribution is 2.18. The summed E-state index contributed by atoms with van der Waals surface area (Å²) in [5.41, 5.74) is 6.44. The Morgan fingerprint density at radius 1 is 1.40 bits per heavy atom. The number of rotatable bonds is 1. The Morgan fingerprint density at radius 3 is 2.73 bits per heavy atom. The van der Waals surface area contributed by atoms with Gasteiger partial charge in [0.2, 0.25) is 0 Å². The van der Waals surface area contributed by atoms with Crippen LogP contribution in [0, 0.1) is 0 Å². The number of aromatic amines is 1. The number of nitrogens with one attached hydrogen (secondary N) is 1. The first-order valence-corrected chi connectivity index (χ1v) is 5.52. The van der Waals surface area contributed by atoms with Gasteiger partial charge in [-0.3, -0.25) is 4.52 Å². The van der Waals surface area contributed by atoms with Gasteiger partial charge in [-0.25, -0.2) is 4.79 Å². The SMILES string of the molecule is Nc1ccc(Br)cc1-[n+]1[nH]oc(=O)c1Br. The normalized spacial score (nSPS) is 10.5. The number of hydrogen-bond acceptors (Lipinski definition) is 3. The average Bonchev–Trinajstić information content (AvgIpc) is 2.52. The van der Waals surface area contributed by atoms with Crippen molar-refractivity contribution in [3.63, 3.8) is 0 Å². The molecule has 0 fully saturated rings. The fourth-order valence-electron chi connectivity index (χ4n) is 1.13. The van der Waals surface area contributed by atoms with Gasteiger partial charge in [0, 0.05) is 26.5 Å². The van der Waals surface area contributed by atoms with Crippen molar-refractivity contribution in [3.8, 4) is 5.69 Å².